The van der Waals surface area contributed by atoms with Crippen molar-refractivity contribution in [3.63, 3.8) is 0 Å². The van der Waals surface area contributed by atoms with Crippen molar-refractivity contribution in [2.24, 2.45) is 0 Å². The molecule has 2 heterocycles. The van der Waals surface area contributed by atoms with Gasteiger partial charge in [0, 0.05) is 32.4 Å². The first-order valence-corrected chi connectivity index (χ1v) is 8.76. The fourth-order valence-electron chi connectivity index (χ4n) is 2.67. The van der Waals surface area contributed by atoms with E-state index in [2.05, 4.69) is 15.2 Å². The Hall–Kier alpha value is -1.18. The molecule has 1 aliphatic rings. The SMILES string of the molecule is CCNc1ncccc1S(=O)(=O)N(C)CC1CCCN1C. The summed E-state index contributed by atoms with van der Waals surface area (Å²) in [4.78, 5) is 6.60. The molecule has 1 saturated heterocycles. The Bertz CT molecular complexity index is 576. The maximum atomic E-state index is 12.7. The third kappa shape index (κ3) is 3.53. The number of aromatic nitrogens is 1. The van der Waals surface area contributed by atoms with E-state index in [0.717, 1.165) is 19.4 Å². The van der Waals surface area contributed by atoms with Crippen molar-refractivity contribution in [1.29, 1.82) is 0 Å². The Labute approximate surface area is 127 Å². The lowest BCUT2D eigenvalue weighted by Gasteiger charge is -2.26. The first-order chi connectivity index (χ1) is 9.96. The number of nitrogens with one attached hydrogen (secondary N) is 1. The van der Waals surface area contributed by atoms with Crippen LogP contribution in [0.25, 0.3) is 0 Å². The monoisotopic (exact) mass is 312 g/mol. The smallest absolute Gasteiger partial charge is 0.246 e. The lowest BCUT2D eigenvalue weighted by Crippen LogP contribution is -2.39. The lowest BCUT2D eigenvalue weighted by molar-refractivity contribution is 0.271. The molecule has 2 rings (SSSR count). The van der Waals surface area contributed by atoms with Gasteiger partial charge in [0.25, 0.3) is 0 Å². The van der Waals surface area contributed by atoms with E-state index in [1.54, 1.807) is 25.4 Å². The fourth-order valence-corrected chi connectivity index (χ4v) is 4.00. The molecule has 0 amide bonds. The van der Waals surface area contributed by atoms with Gasteiger partial charge in [-0.1, -0.05) is 0 Å². The maximum Gasteiger partial charge on any atom is 0.246 e. The van der Waals surface area contributed by atoms with Gasteiger partial charge in [-0.3, -0.25) is 0 Å². The van der Waals surface area contributed by atoms with Crippen LogP contribution in [-0.4, -0.2) is 62.4 Å². The van der Waals surface area contributed by atoms with Gasteiger partial charge in [-0.2, -0.15) is 4.31 Å². The van der Waals surface area contributed by atoms with Crippen LogP contribution < -0.4 is 5.32 Å². The Morgan fingerprint density at radius 1 is 1.52 bits per heavy atom. The molecule has 1 aromatic heterocycles. The van der Waals surface area contributed by atoms with Gasteiger partial charge in [-0.25, -0.2) is 13.4 Å². The van der Waals surface area contributed by atoms with E-state index in [-0.39, 0.29) is 4.90 Å². The van der Waals surface area contributed by atoms with Crippen LogP contribution in [0.1, 0.15) is 19.8 Å². The van der Waals surface area contributed by atoms with Crippen LogP contribution in [0.15, 0.2) is 23.2 Å². The van der Waals surface area contributed by atoms with Gasteiger partial charge in [-0.15, -0.1) is 0 Å². The van der Waals surface area contributed by atoms with Gasteiger partial charge >= 0.3 is 0 Å². The molecule has 1 unspecified atom stereocenters. The molecule has 0 saturated carbocycles. The summed E-state index contributed by atoms with van der Waals surface area (Å²) in [5, 5.41) is 3.01. The van der Waals surface area contributed by atoms with Crippen molar-refractivity contribution < 1.29 is 8.42 Å². The van der Waals surface area contributed by atoms with Crippen LogP contribution in [0.2, 0.25) is 0 Å². The summed E-state index contributed by atoms with van der Waals surface area (Å²) >= 11 is 0. The van der Waals surface area contributed by atoms with Gasteiger partial charge in [-0.05, 0) is 45.5 Å². The number of hydrogen-bond acceptors (Lipinski definition) is 5. The minimum atomic E-state index is -3.52. The molecule has 1 atom stereocenters. The summed E-state index contributed by atoms with van der Waals surface area (Å²) in [7, 11) is 0.170. The second kappa shape index (κ2) is 6.72. The number of nitrogens with zero attached hydrogens (tertiary/aromatic N) is 3. The summed E-state index contributed by atoms with van der Waals surface area (Å²) in [6.07, 6.45) is 3.77. The van der Waals surface area contributed by atoms with Gasteiger partial charge < -0.3 is 10.2 Å². The zero-order valence-corrected chi connectivity index (χ0v) is 13.7. The fraction of sp³-hybridized carbons (Fsp3) is 0.643. The average Bonchev–Trinajstić information content (AvgIpc) is 2.85. The van der Waals surface area contributed by atoms with E-state index in [1.807, 2.05) is 14.0 Å². The highest BCUT2D eigenvalue weighted by Crippen LogP contribution is 2.23. The first-order valence-electron chi connectivity index (χ1n) is 7.32. The number of sulfonamides is 1. The molecule has 0 aliphatic carbocycles. The van der Waals surface area contributed by atoms with Crippen molar-refractivity contribution in [2.45, 2.75) is 30.7 Å². The number of anilines is 1. The average molecular weight is 312 g/mol. The van der Waals surface area contributed by atoms with Crippen molar-refractivity contribution in [2.75, 3.05) is 39.0 Å². The van der Waals surface area contributed by atoms with E-state index < -0.39 is 10.0 Å². The number of rotatable bonds is 6. The normalized spacial score (nSPS) is 20.1. The number of likely N-dealkylation sites (tertiary alicyclic amines) is 1. The van der Waals surface area contributed by atoms with Crippen LogP contribution >= 0.6 is 0 Å². The molecule has 7 heteroatoms. The summed E-state index contributed by atoms with van der Waals surface area (Å²) in [6.45, 7) is 4.10. The summed E-state index contributed by atoms with van der Waals surface area (Å²) in [5.41, 5.74) is 0. The molecule has 1 N–H and O–H groups in total. The first kappa shape index (κ1) is 16.2. The van der Waals surface area contributed by atoms with Gasteiger partial charge in [0.15, 0.2) is 0 Å². The molecule has 0 aromatic carbocycles. The largest absolute Gasteiger partial charge is 0.369 e. The maximum absolute atomic E-state index is 12.7. The van der Waals surface area contributed by atoms with Crippen LogP contribution in [0.3, 0.4) is 0 Å². The molecular formula is C14H24N4O2S. The van der Waals surface area contributed by atoms with E-state index in [4.69, 9.17) is 0 Å². The quantitative estimate of drug-likeness (QED) is 0.856. The van der Waals surface area contributed by atoms with E-state index in [1.165, 1.54) is 4.31 Å². The standard InChI is InChI=1S/C14H24N4O2S/c1-4-15-14-13(8-5-9-16-14)21(19,20)18(3)11-12-7-6-10-17(12)2/h5,8-9,12H,4,6-7,10-11H2,1-3H3,(H,15,16). The third-order valence-electron chi connectivity index (χ3n) is 3.94. The van der Waals surface area contributed by atoms with Crippen LogP contribution in [0.5, 0.6) is 0 Å². The molecule has 0 spiro atoms. The van der Waals surface area contributed by atoms with E-state index in [9.17, 15) is 8.42 Å². The molecule has 1 fully saturated rings. The Balaban J connectivity index is 2.20. The highest BCUT2D eigenvalue weighted by molar-refractivity contribution is 7.89. The molecule has 0 radical (unpaired) electrons. The zero-order valence-electron chi connectivity index (χ0n) is 12.9. The second-order valence-electron chi connectivity index (χ2n) is 5.44. The van der Waals surface area contributed by atoms with Gasteiger partial charge in [0.2, 0.25) is 10.0 Å². The summed E-state index contributed by atoms with van der Waals surface area (Å²) in [6, 6.07) is 3.56. The van der Waals surface area contributed by atoms with Crippen molar-refractivity contribution in [3.8, 4) is 0 Å². The summed E-state index contributed by atoms with van der Waals surface area (Å²) in [5.74, 6) is 0.423. The molecule has 6 nitrogen and oxygen atoms in total. The molecule has 0 bridgehead atoms. The van der Waals surface area contributed by atoms with E-state index >= 15 is 0 Å². The van der Waals surface area contributed by atoms with Crippen molar-refractivity contribution >= 4 is 15.8 Å². The Morgan fingerprint density at radius 2 is 2.29 bits per heavy atom. The second-order valence-corrected chi connectivity index (χ2v) is 7.46. The van der Waals surface area contributed by atoms with Gasteiger partial charge in [0.1, 0.15) is 10.7 Å². The third-order valence-corrected chi connectivity index (χ3v) is 5.80. The minimum absolute atomic E-state index is 0.245. The predicted octanol–water partition coefficient (Wildman–Crippen LogP) is 1.23. The predicted molar refractivity (Wildman–Crippen MR) is 83.9 cm³/mol. The lowest BCUT2D eigenvalue weighted by atomic mass is 10.2. The summed E-state index contributed by atoms with van der Waals surface area (Å²) < 4.78 is 26.9. The highest BCUT2D eigenvalue weighted by atomic mass is 32.2. The Morgan fingerprint density at radius 3 is 2.90 bits per heavy atom. The number of hydrogen-bond donors (Lipinski definition) is 1. The molecule has 1 aromatic rings. The molecule has 1 aliphatic heterocycles. The minimum Gasteiger partial charge on any atom is -0.369 e. The van der Waals surface area contributed by atoms with Crippen LogP contribution in [-0.2, 0) is 10.0 Å². The van der Waals surface area contributed by atoms with E-state index in [0.29, 0.717) is 24.9 Å². The zero-order chi connectivity index (χ0) is 15.5. The molecule has 21 heavy (non-hydrogen) atoms. The number of likely N-dealkylation sites (N-methyl/N-ethyl adjacent to an activating group) is 2. The topological polar surface area (TPSA) is 65.5 Å². The van der Waals surface area contributed by atoms with Crippen LogP contribution in [0.4, 0.5) is 5.82 Å². The van der Waals surface area contributed by atoms with Crippen LogP contribution in [0, 0.1) is 0 Å². The van der Waals surface area contributed by atoms with Crippen molar-refractivity contribution in [1.82, 2.24) is 14.2 Å². The Kier molecular flexibility index (Phi) is 5.18. The van der Waals surface area contributed by atoms with Crippen molar-refractivity contribution in [3.05, 3.63) is 18.3 Å². The highest BCUT2D eigenvalue weighted by Gasteiger charge is 2.29. The number of pyridine rings is 1. The molecular weight excluding hydrogens is 288 g/mol. The molecule has 118 valence electrons. The van der Waals surface area contributed by atoms with Gasteiger partial charge in [0.05, 0.1) is 0 Å².